The van der Waals surface area contributed by atoms with E-state index in [0.29, 0.717) is 44.1 Å². The first-order chi connectivity index (χ1) is 14.5. The average molecular weight is 427 g/mol. The van der Waals surface area contributed by atoms with Crippen molar-refractivity contribution in [2.24, 2.45) is 0 Å². The summed E-state index contributed by atoms with van der Waals surface area (Å²) >= 11 is 0. The summed E-state index contributed by atoms with van der Waals surface area (Å²) in [6.45, 7) is 1.97. The third kappa shape index (κ3) is 4.56. The van der Waals surface area contributed by atoms with Crippen LogP contribution in [-0.4, -0.2) is 59.7 Å². The minimum Gasteiger partial charge on any atom is -0.379 e. The van der Waals surface area contributed by atoms with Crippen molar-refractivity contribution in [2.75, 3.05) is 31.6 Å². The van der Waals surface area contributed by atoms with Crippen molar-refractivity contribution in [1.29, 1.82) is 0 Å². The molecule has 9 nitrogen and oxygen atoms in total. The lowest BCUT2D eigenvalue weighted by molar-refractivity contribution is 0.0730. The number of nitrogens with one attached hydrogen (secondary N) is 1. The van der Waals surface area contributed by atoms with E-state index < -0.39 is 10.0 Å². The first kappa shape index (κ1) is 20.2. The number of hydrogen-bond acceptors (Lipinski definition) is 6. The molecule has 1 N–H and O–H groups in total. The Kier molecular flexibility index (Phi) is 5.88. The first-order valence-electron chi connectivity index (χ1n) is 9.43. The molecule has 10 heteroatoms. The van der Waals surface area contributed by atoms with E-state index in [9.17, 15) is 13.2 Å². The molecule has 3 aromatic rings. The molecule has 0 radical (unpaired) electrons. The Hall–Kier alpha value is -3.08. The van der Waals surface area contributed by atoms with Gasteiger partial charge >= 0.3 is 0 Å². The average Bonchev–Trinajstić information content (AvgIpc) is 3.28. The van der Waals surface area contributed by atoms with Crippen LogP contribution in [0.3, 0.4) is 0 Å². The summed E-state index contributed by atoms with van der Waals surface area (Å²) in [6, 6.07) is 13.4. The van der Waals surface area contributed by atoms with Gasteiger partial charge in [-0.15, -0.1) is 0 Å². The molecule has 4 rings (SSSR count). The summed E-state index contributed by atoms with van der Waals surface area (Å²) in [5.41, 5.74) is 1.98. The van der Waals surface area contributed by atoms with E-state index in [0.717, 1.165) is 5.56 Å². The number of carbonyl (C=O) groups excluding carboxylic acids is 1. The number of sulfonamides is 1. The molecule has 0 saturated carbocycles. The SMILES string of the molecule is O=C(Nc1cccc(Cn2cncn2)c1)c1ccc(S(=O)(=O)N2CCOCC2)cc1. The van der Waals surface area contributed by atoms with E-state index in [-0.39, 0.29) is 10.8 Å². The van der Waals surface area contributed by atoms with Crippen LogP contribution in [-0.2, 0) is 21.3 Å². The van der Waals surface area contributed by atoms with Gasteiger partial charge in [-0.3, -0.25) is 4.79 Å². The van der Waals surface area contributed by atoms with E-state index in [1.807, 2.05) is 18.2 Å². The lowest BCUT2D eigenvalue weighted by Gasteiger charge is -2.26. The number of ether oxygens (including phenoxy) is 1. The highest BCUT2D eigenvalue weighted by atomic mass is 32.2. The maximum atomic E-state index is 12.7. The monoisotopic (exact) mass is 427 g/mol. The molecule has 0 bridgehead atoms. The number of carbonyl (C=O) groups is 1. The van der Waals surface area contributed by atoms with E-state index in [4.69, 9.17) is 4.74 Å². The molecule has 0 atom stereocenters. The summed E-state index contributed by atoms with van der Waals surface area (Å²) < 4.78 is 33.7. The molecule has 1 aliphatic heterocycles. The van der Waals surface area contributed by atoms with Crippen molar-refractivity contribution in [2.45, 2.75) is 11.4 Å². The van der Waals surface area contributed by atoms with Crippen molar-refractivity contribution < 1.29 is 17.9 Å². The fourth-order valence-corrected chi connectivity index (χ4v) is 4.57. The Labute approximate surface area is 174 Å². The Balaban J connectivity index is 1.44. The number of morpholine rings is 1. The molecule has 30 heavy (non-hydrogen) atoms. The minimum absolute atomic E-state index is 0.163. The fraction of sp³-hybridized carbons (Fsp3) is 0.250. The van der Waals surface area contributed by atoms with Crippen molar-refractivity contribution in [3.63, 3.8) is 0 Å². The molecule has 0 aliphatic carbocycles. The number of anilines is 1. The molecule has 1 amide bonds. The number of rotatable bonds is 6. The van der Waals surface area contributed by atoms with E-state index in [1.54, 1.807) is 17.1 Å². The molecule has 2 aromatic carbocycles. The normalized spacial score (nSPS) is 15.1. The molecule has 1 saturated heterocycles. The Morgan fingerprint density at radius 3 is 2.57 bits per heavy atom. The van der Waals surface area contributed by atoms with Crippen LogP contribution < -0.4 is 5.32 Å². The molecule has 1 aromatic heterocycles. The number of benzene rings is 2. The smallest absolute Gasteiger partial charge is 0.255 e. The fourth-order valence-electron chi connectivity index (χ4n) is 3.17. The van der Waals surface area contributed by atoms with Gasteiger partial charge < -0.3 is 10.1 Å². The molecule has 1 fully saturated rings. The maximum absolute atomic E-state index is 12.7. The standard InChI is InChI=1S/C20H21N5O4S/c26-20(23-18-3-1-2-16(12-18)13-24-15-21-14-22-24)17-4-6-19(7-5-17)30(27,28)25-8-10-29-11-9-25/h1-7,12,14-15H,8-11,13H2,(H,23,26). The summed E-state index contributed by atoms with van der Waals surface area (Å²) in [5.74, 6) is -0.316. The lowest BCUT2D eigenvalue weighted by Crippen LogP contribution is -2.40. The summed E-state index contributed by atoms with van der Waals surface area (Å²) in [4.78, 5) is 16.7. The molecule has 1 aliphatic rings. The number of hydrogen-bond donors (Lipinski definition) is 1. The highest BCUT2D eigenvalue weighted by Gasteiger charge is 2.26. The Morgan fingerprint density at radius 1 is 1.10 bits per heavy atom. The van der Waals surface area contributed by atoms with Gasteiger partial charge in [0.15, 0.2) is 0 Å². The number of aromatic nitrogens is 3. The van der Waals surface area contributed by atoms with E-state index in [2.05, 4.69) is 15.4 Å². The van der Waals surface area contributed by atoms with Crippen molar-refractivity contribution in [3.8, 4) is 0 Å². The van der Waals surface area contributed by atoms with Gasteiger partial charge in [0.2, 0.25) is 10.0 Å². The quantitative estimate of drug-likeness (QED) is 0.640. The number of nitrogens with zero attached hydrogens (tertiary/aromatic N) is 4. The van der Waals surface area contributed by atoms with Crippen LogP contribution >= 0.6 is 0 Å². The van der Waals surface area contributed by atoms with Gasteiger partial charge in [-0.1, -0.05) is 12.1 Å². The Morgan fingerprint density at radius 2 is 1.87 bits per heavy atom. The predicted octanol–water partition coefficient (Wildman–Crippen LogP) is 1.60. The molecular formula is C20H21N5O4S. The van der Waals surface area contributed by atoms with Gasteiger partial charge in [-0.2, -0.15) is 9.40 Å². The predicted molar refractivity (Wildman–Crippen MR) is 110 cm³/mol. The van der Waals surface area contributed by atoms with Crippen LogP contribution in [0.25, 0.3) is 0 Å². The van der Waals surface area contributed by atoms with Gasteiger partial charge in [0.1, 0.15) is 12.7 Å². The highest BCUT2D eigenvalue weighted by Crippen LogP contribution is 2.19. The van der Waals surface area contributed by atoms with Crippen LogP contribution in [0.1, 0.15) is 15.9 Å². The van der Waals surface area contributed by atoms with Gasteiger partial charge in [-0.05, 0) is 42.0 Å². The van der Waals surface area contributed by atoms with E-state index >= 15 is 0 Å². The largest absolute Gasteiger partial charge is 0.379 e. The second-order valence-electron chi connectivity index (χ2n) is 6.79. The third-order valence-electron chi connectivity index (χ3n) is 4.72. The zero-order valence-corrected chi connectivity index (χ0v) is 17.0. The Bertz CT molecular complexity index is 1110. The molecule has 0 spiro atoms. The summed E-state index contributed by atoms with van der Waals surface area (Å²) in [5, 5.41) is 6.91. The zero-order valence-electron chi connectivity index (χ0n) is 16.1. The van der Waals surface area contributed by atoms with Crippen LogP contribution in [0.15, 0.2) is 66.1 Å². The summed E-state index contributed by atoms with van der Waals surface area (Å²) in [7, 11) is -3.59. The van der Waals surface area contributed by atoms with Crippen LogP contribution in [0.4, 0.5) is 5.69 Å². The second-order valence-corrected chi connectivity index (χ2v) is 8.73. The maximum Gasteiger partial charge on any atom is 0.255 e. The lowest BCUT2D eigenvalue weighted by atomic mass is 10.1. The molecule has 0 unspecified atom stereocenters. The molecular weight excluding hydrogens is 406 g/mol. The minimum atomic E-state index is -3.59. The van der Waals surface area contributed by atoms with Crippen LogP contribution in [0.5, 0.6) is 0 Å². The van der Waals surface area contributed by atoms with Crippen molar-refractivity contribution >= 4 is 21.6 Å². The van der Waals surface area contributed by atoms with Crippen LogP contribution in [0, 0.1) is 0 Å². The van der Waals surface area contributed by atoms with Crippen molar-refractivity contribution in [3.05, 3.63) is 72.3 Å². The van der Waals surface area contributed by atoms with Crippen molar-refractivity contribution in [1.82, 2.24) is 19.1 Å². The van der Waals surface area contributed by atoms with Gasteiger partial charge in [0.05, 0.1) is 24.7 Å². The van der Waals surface area contributed by atoms with Gasteiger partial charge in [0.25, 0.3) is 5.91 Å². The summed E-state index contributed by atoms with van der Waals surface area (Å²) in [6.07, 6.45) is 3.09. The topological polar surface area (TPSA) is 106 Å². The second kappa shape index (κ2) is 8.74. The highest BCUT2D eigenvalue weighted by molar-refractivity contribution is 7.89. The van der Waals surface area contributed by atoms with Gasteiger partial charge in [-0.25, -0.2) is 18.1 Å². The zero-order chi connectivity index (χ0) is 21.0. The molecule has 156 valence electrons. The van der Waals surface area contributed by atoms with Gasteiger partial charge in [0, 0.05) is 24.3 Å². The number of amides is 1. The van der Waals surface area contributed by atoms with E-state index in [1.165, 1.54) is 34.9 Å². The van der Waals surface area contributed by atoms with Crippen LogP contribution in [0.2, 0.25) is 0 Å². The first-order valence-corrected chi connectivity index (χ1v) is 10.9. The third-order valence-corrected chi connectivity index (χ3v) is 6.63. The molecule has 2 heterocycles.